The standard InChI is InChI=1S/C21H21N3O3S2/c1-5-8-24-18-7-6-16(29(22,26)27)11-19(18)28-21(24)23-20(25)12-17-14(3)9-13(2)10-15(17)4/h1,6-7,9-11H,8,12H2,2-4H3,(H2,22,26,27). The molecule has 1 amide bonds. The molecular weight excluding hydrogens is 406 g/mol. The lowest BCUT2D eigenvalue weighted by atomic mass is 9.97. The van der Waals surface area contributed by atoms with Gasteiger partial charge >= 0.3 is 0 Å². The van der Waals surface area contributed by atoms with Crippen LogP contribution in [0.25, 0.3) is 10.2 Å². The Kier molecular flexibility index (Phi) is 5.75. The number of primary sulfonamides is 1. The zero-order valence-corrected chi connectivity index (χ0v) is 18.0. The second-order valence-electron chi connectivity index (χ2n) is 6.91. The summed E-state index contributed by atoms with van der Waals surface area (Å²) in [4.78, 5) is 17.4. The Morgan fingerprint density at radius 2 is 1.86 bits per heavy atom. The van der Waals surface area contributed by atoms with E-state index in [1.165, 1.54) is 23.5 Å². The quantitative estimate of drug-likeness (QED) is 0.649. The van der Waals surface area contributed by atoms with Gasteiger partial charge in [0.1, 0.15) is 0 Å². The molecule has 2 aromatic carbocycles. The fourth-order valence-electron chi connectivity index (χ4n) is 3.35. The third kappa shape index (κ3) is 4.48. The van der Waals surface area contributed by atoms with E-state index >= 15 is 0 Å². The zero-order chi connectivity index (χ0) is 21.3. The van der Waals surface area contributed by atoms with E-state index in [1.807, 2.05) is 32.9 Å². The SMILES string of the molecule is C#CCn1c(=NC(=O)Cc2c(C)cc(C)cc2C)sc2cc(S(N)(=O)=O)ccc21. The number of aromatic nitrogens is 1. The highest BCUT2D eigenvalue weighted by Gasteiger charge is 2.14. The van der Waals surface area contributed by atoms with Crippen LogP contribution in [0.2, 0.25) is 0 Å². The van der Waals surface area contributed by atoms with Crippen molar-refractivity contribution in [2.75, 3.05) is 0 Å². The van der Waals surface area contributed by atoms with Crippen molar-refractivity contribution in [1.29, 1.82) is 0 Å². The largest absolute Gasteiger partial charge is 0.305 e. The van der Waals surface area contributed by atoms with Crippen molar-refractivity contribution in [1.82, 2.24) is 4.57 Å². The number of aryl methyl sites for hydroxylation is 3. The molecule has 1 heterocycles. The van der Waals surface area contributed by atoms with E-state index in [4.69, 9.17) is 11.6 Å². The number of nitrogens with two attached hydrogens (primary N) is 1. The molecule has 6 nitrogen and oxygen atoms in total. The summed E-state index contributed by atoms with van der Waals surface area (Å²) in [5.74, 6) is 2.26. The molecule has 0 bridgehead atoms. The highest BCUT2D eigenvalue weighted by Crippen LogP contribution is 2.22. The Bertz CT molecular complexity index is 1320. The number of amides is 1. The molecule has 0 saturated carbocycles. The van der Waals surface area contributed by atoms with Crippen molar-refractivity contribution < 1.29 is 13.2 Å². The molecule has 8 heteroatoms. The van der Waals surface area contributed by atoms with E-state index in [1.54, 1.807) is 10.6 Å². The first-order valence-electron chi connectivity index (χ1n) is 8.84. The summed E-state index contributed by atoms with van der Waals surface area (Å²) >= 11 is 1.20. The number of sulfonamides is 1. The van der Waals surface area contributed by atoms with Crippen LogP contribution in [0, 0.1) is 33.1 Å². The maximum absolute atomic E-state index is 12.7. The normalized spacial score (nSPS) is 12.3. The molecule has 2 N–H and O–H groups in total. The van der Waals surface area contributed by atoms with Crippen molar-refractivity contribution in [2.24, 2.45) is 10.1 Å². The van der Waals surface area contributed by atoms with Crippen LogP contribution in [-0.4, -0.2) is 18.9 Å². The van der Waals surface area contributed by atoms with Gasteiger partial charge in [-0.2, -0.15) is 4.99 Å². The van der Waals surface area contributed by atoms with E-state index in [9.17, 15) is 13.2 Å². The van der Waals surface area contributed by atoms with Gasteiger partial charge in [0.25, 0.3) is 5.91 Å². The number of hydrogen-bond donors (Lipinski definition) is 1. The van der Waals surface area contributed by atoms with Crippen molar-refractivity contribution in [2.45, 2.75) is 38.6 Å². The predicted molar refractivity (Wildman–Crippen MR) is 115 cm³/mol. The van der Waals surface area contributed by atoms with Gasteiger partial charge in [-0.15, -0.1) is 6.42 Å². The molecule has 0 saturated heterocycles. The van der Waals surface area contributed by atoms with Crippen LogP contribution >= 0.6 is 11.3 Å². The first-order valence-corrected chi connectivity index (χ1v) is 11.2. The summed E-state index contributed by atoms with van der Waals surface area (Å²) in [5, 5.41) is 5.22. The van der Waals surface area contributed by atoms with Crippen LogP contribution in [0.15, 0.2) is 40.2 Å². The summed E-state index contributed by atoms with van der Waals surface area (Å²) in [7, 11) is -3.83. The Hall–Kier alpha value is -2.73. The van der Waals surface area contributed by atoms with Gasteiger partial charge in [0.2, 0.25) is 10.0 Å². The topological polar surface area (TPSA) is 94.5 Å². The molecule has 150 valence electrons. The number of nitrogens with zero attached hydrogens (tertiary/aromatic N) is 2. The lowest BCUT2D eigenvalue weighted by Crippen LogP contribution is -2.17. The number of carbonyl (C=O) groups is 1. The lowest BCUT2D eigenvalue weighted by Gasteiger charge is -2.09. The first kappa shape index (κ1) is 21.0. The Labute approximate surface area is 173 Å². The van der Waals surface area contributed by atoms with E-state index < -0.39 is 10.0 Å². The average molecular weight is 428 g/mol. The Balaban J connectivity index is 2.08. The molecule has 1 aromatic heterocycles. The lowest BCUT2D eigenvalue weighted by molar-refractivity contribution is -0.117. The summed E-state index contributed by atoms with van der Waals surface area (Å²) in [6.07, 6.45) is 5.66. The molecule has 3 rings (SSSR count). The molecule has 0 spiro atoms. The van der Waals surface area contributed by atoms with Crippen LogP contribution in [0.5, 0.6) is 0 Å². The second kappa shape index (κ2) is 7.95. The molecular formula is C21H21N3O3S2. The monoisotopic (exact) mass is 427 g/mol. The minimum absolute atomic E-state index is 0.00268. The molecule has 0 aliphatic rings. The Morgan fingerprint density at radius 3 is 2.45 bits per heavy atom. The number of carbonyl (C=O) groups excluding carboxylic acids is 1. The van der Waals surface area contributed by atoms with Gasteiger partial charge in [-0.1, -0.05) is 35.0 Å². The average Bonchev–Trinajstić information content (AvgIpc) is 2.94. The Morgan fingerprint density at radius 1 is 1.21 bits per heavy atom. The van der Waals surface area contributed by atoms with Gasteiger partial charge in [-0.25, -0.2) is 13.6 Å². The molecule has 0 atom stereocenters. The molecule has 0 aliphatic heterocycles. The molecule has 0 aliphatic carbocycles. The number of thiazole rings is 1. The van der Waals surface area contributed by atoms with Gasteiger partial charge in [0.05, 0.1) is 28.1 Å². The first-order chi connectivity index (χ1) is 13.6. The minimum Gasteiger partial charge on any atom is -0.305 e. The number of fused-ring (bicyclic) bond motifs is 1. The third-order valence-corrected chi connectivity index (χ3v) is 6.57. The maximum atomic E-state index is 12.7. The van der Waals surface area contributed by atoms with E-state index in [2.05, 4.69) is 10.9 Å². The fraction of sp³-hybridized carbons (Fsp3) is 0.238. The van der Waals surface area contributed by atoms with Crippen molar-refractivity contribution in [3.8, 4) is 12.3 Å². The molecule has 0 radical (unpaired) electrons. The minimum atomic E-state index is -3.83. The van der Waals surface area contributed by atoms with Crippen LogP contribution < -0.4 is 9.94 Å². The smallest absolute Gasteiger partial charge is 0.252 e. The third-order valence-electron chi connectivity index (χ3n) is 4.62. The van der Waals surface area contributed by atoms with Gasteiger partial charge in [-0.3, -0.25) is 4.79 Å². The van der Waals surface area contributed by atoms with E-state index in [-0.39, 0.29) is 23.8 Å². The van der Waals surface area contributed by atoms with Crippen molar-refractivity contribution >= 4 is 37.5 Å². The van der Waals surface area contributed by atoms with Gasteiger partial charge in [-0.05, 0) is 55.7 Å². The number of terminal acetylenes is 1. The van der Waals surface area contributed by atoms with Crippen LogP contribution in [0.4, 0.5) is 0 Å². The van der Waals surface area contributed by atoms with Crippen LogP contribution in [-0.2, 0) is 27.8 Å². The highest BCUT2D eigenvalue weighted by molar-refractivity contribution is 7.89. The summed E-state index contributed by atoms with van der Waals surface area (Å²) in [6.45, 7) is 6.19. The van der Waals surface area contributed by atoms with Crippen molar-refractivity contribution in [3.63, 3.8) is 0 Å². The second-order valence-corrected chi connectivity index (χ2v) is 9.48. The van der Waals surface area contributed by atoms with Gasteiger partial charge in [0, 0.05) is 0 Å². The summed E-state index contributed by atoms with van der Waals surface area (Å²) in [5.41, 5.74) is 4.92. The summed E-state index contributed by atoms with van der Waals surface area (Å²) in [6, 6.07) is 8.60. The fourth-order valence-corrected chi connectivity index (χ4v) is 5.05. The highest BCUT2D eigenvalue weighted by atomic mass is 32.2. The van der Waals surface area contributed by atoms with Crippen molar-refractivity contribution in [3.05, 3.63) is 57.4 Å². The number of rotatable bonds is 4. The van der Waals surface area contributed by atoms with Crippen LogP contribution in [0.1, 0.15) is 22.3 Å². The molecule has 3 aromatic rings. The molecule has 0 unspecified atom stereocenters. The van der Waals surface area contributed by atoms with Crippen LogP contribution in [0.3, 0.4) is 0 Å². The number of hydrogen-bond acceptors (Lipinski definition) is 4. The molecule has 0 fully saturated rings. The van der Waals surface area contributed by atoms with E-state index in [0.717, 1.165) is 22.3 Å². The van der Waals surface area contributed by atoms with Gasteiger partial charge in [0.15, 0.2) is 4.80 Å². The van der Waals surface area contributed by atoms with E-state index in [0.29, 0.717) is 15.0 Å². The molecule has 29 heavy (non-hydrogen) atoms. The van der Waals surface area contributed by atoms with Gasteiger partial charge < -0.3 is 4.57 Å². The summed E-state index contributed by atoms with van der Waals surface area (Å²) < 4.78 is 25.6. The zero-order valence-electron chi connectivity index (χ0n) is 16.4. The maximum Gasteiger partial charge on any atom is 0.252 e. The number of benzene rings is 2. The predicted octanol–water partition coefficient (Wildman–Crippen LogP) is 2.58.